The summed E-state index contributed by atoms with van der Waals surface area (Å²) in [5.41, 5.74) is 8.31. The van der Waals surface area contributed by atoms with Gasteiger partial charge in [-0.3, -0.25) is 0 Å². The van der Waals surface area contributed by atoms with E-state index in [1.165, 1.54) is 12.1 Å². The van der Waals surface area contributed by atoms with E-state index in [0.29, 0.717) is 11.5 Å². The van der Waals surface area contributed by atoms with Crippen LogP contribution < -0.4 is 5.73 Å². The summed E-state index contributed by atoms with van der Waals surface area (Å²) in [7, 11) is 0. The van der Waals surface area contributed by atoms with Gasteiger partial charge < -0.3 is 5.73 Å². The van der Waals surface area contributed by atoms with Gasteiger partial charge in [0, 0.05) is 5.56 Å². The lowest BCUT2D eigenvalue weighted by Gasteiger charge is -2.17. The van der Waals surface area contributed by atoms with E-state index in [1.807, 2.05) is 24.3 Å². The van der Waals surface area contributed by atoms with E-state index in [9.17, 15) is 8.78 Å². The molecule has 2 rings (SSSR count). The Morgan fingerprint density at radius 2 is 1.81 bits per heavy atom. The van der Waals surface area contributed by atoms with Gasteiger partial charge in [0.25, 0.3) is 0 Å². The van der Waals surface area contributed by atoms with E-state index in [4.69, 9.17) is 5.73 Å². The molecule has 1 atom stereocenters. The minimum absolute atomic E-state index is 0.0586. The number of halogens is 2. The van der Waals surface area contributed by atoms with Crippen LogP contribution in [0.3, 0.4) is 0 Å². The summed E-state index contributed by atoms with van der Waals surface area (Å²) in [6.45, 7) is 5.87. The summed E-state index contributed by atoms with van der Waals surface area (Å²) in [5, 5.41) is 0. The molecule has 1 nitrogen and oxygen atoms in total. The van der Waals surface area contributed by atoms with Crippen molar-refractivity contribution in [1.29, 1.82) is 0 Å². The maximum absolute atomic E-state index is 14.2. The van der Waals surface area contributed by atoms with E-state index >= 15 is 0 Å². The summed E-state index contributed by atoms with van der Waals surface area (Å²) in [5.74, 6) is -0.638. The molecule has 3 heteroatoms. The molecule has 0 amide bonds. The molecule has 2 aromatic carbocycles. The lowest BCUT2D eigenvalue weighted by molar-refractivity contribution is 0.538. The van der Waals surface area contributed by atoms with E-state index in [-0.39, 0.29) is 5.56 Å². The number of aryl methyl sites for hydroxylation is 1. The lowest BCUT2D eigenvalue weighted by Crippen LogP contribution is -2.16. The number of rotatable bonds is 4. The van der Waals surface area contributed by atoms with Crippen molar-refractivity contribution in [3.8, 4) is 0 Å². The quantitative estimate of drug-likeness (QED) is 0.880. The number of benzene rings is 2. The standard InChI is InChI=1S/C18H21F2N/c1-11(2)9-13-5-4-6-14(10-13)18(21)16-15(19)8-7-12(3)17(16)20/h4-8,10-11,18H,9,21H2,1-3H3. The average molecular weight is 289 g/mol. The molecule has 0 radical (unpaired) electrons. The molecule has 0 aliphatic carbocycles. The van der Waals surface area contributed by atoms with Crippen molar-refractivity contribution in [2.24, 2.45) is 11.7 Å². The van der Waals surface area contributed by atoms with Gasteiger partial charge in [-0.15, -0.1) is 0 Å². The van der Waals surface area contributed by atoms with Gasteiger partial charge in [0.2, 0.25) is 0 Å². The third kappa shape index (κ3) is 3.48. The second-order valence-corrected chi connectivity index (χ2v) is 5.91. The third-order valence-electron chi connectivity index (χ3n) is 3.58. The van der Waals surface area contributed by atoms with Crippen LogP contribution in [0.2, 0.25) is 0 Å². The SMILES string of the molecule is Cc1ccc(F)c(C(N)c2cccc(CC(C)C)c2)c1F. The smallest absolute Gasteiger partial charge is 0.134 e. The third-order valence-corrected chi connectivity index (χ3v) is 3.58. The zero-order valence-corrected chi connectivity index (χ0v) is 12.7. The minimum Gasteiger partial charge on any atom is -0.320 e. The maximum Gasteiger partial charge on any atom is 0.134 e. The molecular formula is C18H21F2N. The fraction of sp³-hybridized carbons (Fsp3) is 0.333. The molecule has 2 aromatic rings. The van der Waals surface area contributed by atoms with Crippen molar-refractivity contribution >= 4 is 0 Å². The first-order chi connectivity index (χ1) is 9.90. The Bertz CT molecular complexity index is 635. The number of hydrogen-bond acceptors (Lipinski definition) is 1. The van der Waals surface area contributed by atoms with Gasteiger partial charge in [-0.1, -0.05) is 44.2 Å². The normalized spacial score (nSPS) is 12.7. The van der Waals surface area contributed by atoms with E-state index in [1.54, 1.807) is 6.92 Å². The van der Waals surface area contributed by atoms with E-state index < -0.39 is 17.7 Å². The Kier molecular flexibility index (Phi) is 4.73. The Hall–Kier alpha value is -1.74. The average Bonchev–Trinajstić information content (AvgIpc) is 2.43. The van der Waals surface area contributed by atoms with Gasteiger partial charge in [0.15, 0.2) is 0 Å². The molecule has 1 unspecified atom stereocenters. The molecule has 0 heterocycles. The Labute approximate surface area is 124 Å². The van der Waals surface area contributed by atoms with Crippen molar-refractivity contribution in [3.05, 3.63) is 70.3 Å². The molecule has 0 aromatic heterocycles. The van der Waals surface area contributed by atoms with Gasteiger partial charge in [-0.25, -0.2) is 8.78 Å². The summed E-state index contributed by atoms with van der Waals surface area (Å²) in [4.78, 5) is 0. The zero-order valence-electron chi connectivity index (χ0n) is 12.7. The van der Waals surface area contributed by atoms with Gasteiger partial charge in [-0.05, 0) is 42.0 Å². The van der Waals surface area contributed by atoms with Crippen LogP contribution in [0.4, 0.5) is 8.78 Å². The van der Waals surface area contributed by atoms with Crippen LogP contribution in [0.1, 0.15) is 42.1 Å². The number of nitrogens with two attached hydrogens (primary N) is 1. The maximum atomic E-state index is 14.2. The van der Waals surface area contributed by atoms with Crippen molar-refractivity contribution in [1.82, 2.24) is 0 Å². The molecular weight excluding hydrogens is 268 g/mol. The van der Waals surface area contributed by atoms with Crippen molar-refractivity contribution < 1.29 is 8.78 Å². The Balaban J connectivity index is 2.41. The summed E-state index contributed by atoms with van der Waals surface area (Å²) in [6, 6.07) is 9.55. The van der Waals surface area contributed by atoms with E-state index in [0.717, 1.165) is 17.5 Å². The second-order valence-electron chi connectivity index (χ2n) is 5.91. The van der Waals surface area contributed by atoms with Crippen molar-refractivity contribution in [3.63, 3.8) is 0 Å². The molecule has 21 heavy (non-hydrogen) atoms. The van der Waals surface area contributed by atoms with Crippen LogP contribution in [0.15, 0.2) is 36.4 Å². The highest BCUT2D eigenvalue weighted by Gasteiger charge is 2.20. The molecule has 0 bridgehead atoms. The Morgan fingerprint density at radius 3 is 2.48 bits per heavy atom. The predicted molar refractivity (Wildman–Crippen MR) is 82.1 cm³/mol. The molecule has 0 saturated carbocycles. The van der Waals surface area contributed by atoms with Crippen LogP contribution in [-0.4, -0.2) is 0 Å². The molecule has 0 saturated heterocycles. The van der Waals surface area contributed by atoms with Gasteiger partial charge in [0.1, 0.15) is 11.6 Å². The highest BCUT2D eigenvalue weighted by molar-refractivity contribution is 5.37. The van der Waals surface area contributed by atoms with Crippen molar-refractivity contribution in [2.75, 3.05) is 0 Å². The molecule has 0 fully saturated rings. The number of hydrogen-bond donors (Lipinski definition) is 1. The summed E-state index contributed by atoms with van der Waals surface area (Å²) in [6.07, 6.45) is 0.916. The van der Waals surface area contributed by atoms with Crippen LogP contribution in [0.5, 0.6) is 0 Å². The summed E-state index contributed by atoms with van der Waals surface area (Å²) >= 11 is 0. The predicted octanol–water partition coefficient (Wildman–Crippen LogP) is 4.52. The fourth-order valence-electron chi connectivity index (χ4n) is 2.52. The second kappa shape index (κ2) is 6.35. The highest BCUT2D eigenvalue weighted by Crippen LogP contribution is 2.27. The first kappa shape index (κ1) is 15.6. The first-order valence-corrected chi connectivity index (χ1v) is 7.19. The largest absolute Gasteiger partial charge is 0.320 e. The molecule has 112 valence electrons. The van der Waals surface area contributed by atoms with Crippen LogP contribution in [-0.2, 0) is 6.42 Å². The zero-order chi connectivity index (χ0) is 15.6. The van der Waals surface area contributed by atoms with Crippen LogP contribution in [0, 0.1) is 24.5 Å². The molecule has 0 spiro atoms. The molecule has 0 aliphatic rings. The monoisotopic (exact) mass is 289 g/mol. The lowest BCUT2D eigenvalue weighted by atomic mass is 9.93. The molecule has 2 N–H and O–H groups in total. The van der Waals surface area contributed by atoms with E-state index in [2.05, 4.69) is 13.8 Å². The van der Waals surface area contributed by atoms with Crippen LogP contribution >= 0.6 is 0 Å². The Morgan fingerprint density at radius 1 is 1.10 bits per heavy atom. The highest BCUT2D eigenvalue weighted by atomic mass is 19.1. The fourth-order valence-corrected chi connectivity index (χ4v) is 2.52. The topological polar surface area (TPSA) is 26.0 Å². The first-order valence-electron chi connectivity index (χ1n) is 7.19. The molecule has 0 aliphatic heterocycles. The summed E-state index contributed by atoms with van der Waals surface area (Å²) < 4.78 is 28.1. The van der Waals surface area contributed by atoms with Crippen LogP contribution in [0.25, 0.3) is 0 Å². The minimum atomic E-state index is -0.794. The van der Waals surface area contributed by atoms with Gasteiger partial charge in [0.05, 0.1) is 6.04 Å². The van der Waals surface area contributed by atoms with Gasteiger partial charge in [-0.2, -0.15) is 0 Å². The van der Waals surface area contributed by atoms with Crippen molar-refractivity contribution in [2.45, 2.75) is 33.2 Å². The van der Waals surface area contributed by atoms with Gasteiger partial charge >= 0.3 is 0 Å².